The maximum atomic E-state index is 11.8. The molecular formula is C15H16N2O5S2. The maximum absolute atomic E-state index is 11.8. The molecule has 0 bridgehead atoms. The zero-order valence-corrected chi connectivity index (χ0v) is 14.6. The molecule has 2 heterocycles. The van der Waals surface area contributed by atoms with Crippen LogP contribution in [0.3, 0.4) is 0 Å². The lowest BCUT2D eigenvalue weighted by Gasteiger charge is -2.08. The Labute approximate surface area is 143 Å². The molecule has 0 saturated carbocycles. The minimum absolute atomic E-state index is 0.00798. The van der Waals surface area contributed by atoms with Crippen LogP contribution in [0.5, 0.6) is 0 Å². The second-order valence-corrected chi connectivity index (χ2v) is 8.65. The maximum Gasteiger partial charge on any atom is 0.316 e. The fraction of sp³-hybridized carbons (Fsp3) is 0.400. The number of thioether (sulfide) groups is 1. The Balaban J connectivity index is 1.54. The third-order valence-electron chi connectivity index (χ3n) is 3.58. The highest BCUT2D eigenvalue weighted by molar-refractivity contribution is 7.99. The molecule has 1 aliphatic rings. The van der Waals surface area contributed by atoms with Gasteiger partial charge in [-0.15, -0.1) is 10.2 Å². The van der Waals surface area contributed by atoms with Crippen LogP contribution in [0.1, 0.15) is 12.0 Å². The lowest BCUT2D eigenvalue weighted by Crippen LogP contribution is -2.20. The van der Waals surface area contributed by atoms with Crippen molar-refractivity contribution in [2.75, 3.05) is 17.3 Å². The third-order valence-corrected chi connectivity index (χ3v) is 6.11. The molecule has 1 aliphatic heterocycles. The summed E-state index contributed by atoms with van der Waals surface area (Å²) in [6.07, 6.45) is -0.190. The number of aromatic nitrogens is 2. The van der Waals surface area contributed by atoms with Gasteiger partial charge in [0.1, 0.15) is 11.9 Å². The summed E-state index contributed by atoms with van der Waals surface area (Å²) in [6, 6.07) is 7.63. The van der Waals surface area contributed by atoms with E-state index in [0.717, 1.165) is 22.9 Å². The van der Waals surface area contributed by atoms with Crippen LogP contribution in [-0.2, 0) is 19.4 Å². The van der Waals surface area contributed by atoms with Crippen molar-refractivity contribution in [1.29, 1.82) is 0 Å². The molecule has 2 aromatic rings. The molecule has 24 heavy (non-hydrogen) atoms. The van der Waals surface area contributed by atoms with E-state index in [1.54, 1.807) is 0 Å². The Morgan fingerprint density at radius 1 is 1.38 bits per heavy atom. The van der Waals surface area contributed by atoms with Crippen molar-refractivity contribution < 1.29 is 22.4 Å². The summed E-state index contributed by atoms with van der Waals surface area (Å²) in [7, 11) is -3.06. The van der Waals surface area contributed by atoms with Crippen LogP contribution < -0.4 is 0 Å². The van der Waals surface area contributed by atoms with E-state index >= 15 is 0 Å². The smallest absolute Gasteiger partial charge is 0.316 e. The summed E-state index contributed by atoms with van der Waals surface area (Å²) in [5.41, 5.74) is 1.86. The van der Waals surface area contributed by atoms with Gasteiger partial charge < -0.3 is 9.15 Å². The Kier molecular flexibility index (Phi) is 4.91. The summed E-state index contributed by atoms with van der Waals surface area (Å²) in [4.78, 5) is 11.8. The molecule has 9 heteroatoms. The third kappa shape index (κ3) is 4.15. The number of rotatable bonds is 5. The number of carbonyl (C=O) groups excluding carboxylic acids is 1. The Hall–Kier alpha value is -1.87. The first-order chi connectivity index (χ1) is 11.4. The topological polar surface area (TPSA) is 99.4 Å². The summed E-state index contributed by atoms with van der Waals surface area (Å²) in [5, 5.41) is 8.15. The predicted octanol–water partition coefficient (Wildman–Crippen LogP) is 1.87. The van der Waals surface area contributed by atoms with Crippen LogP contribution >= 0.6 is 11.8 Å². The van der Waals surface area contributed by atoms with Gasteiger partial charge in [0.05, 0.1) is 11.5 Å². The molecule has 3 rings (SSSR count). The Morgan fingerprint density at radius 2 is 2.17 bits per heavy atom. The van der Waals surface area contributed by atoms with Gasteiger partial charge in [0.25, 0.3) is 5.22 Å². The lowest BCUT2D eigenvalue weighted by atomic mass is 10.1. The van der Waals surface area contributed by atoms with E-state index < -0.39 is 21.9 Å². The molecule has 0 amide bonds. The summed E-state index contributed by atoms with van der Waals surface area (Å²) >= 11 is 1.07. The monoisotopic (exact) mass is 368 g/mol. The van der Waals surface area contributed by atoms with E-state index in [9.17, 15) is 13.2 Å². The number of nitrogens with zero attached hydrogens (tertiary/aromatic N) is 2. The SMILES string of the molecule is Cc1ccccc1-c1nnc(SCC(=O)O[C@H]2CCS(=O)(=O)C2)o1. The number of ether oxygens (including phenoxy) is 1. The number of carbonyl (C=O) groups is 1. The van der Waals surface area contributed by atoms with Crippen molar-refractivity contribution >= 4 is 27.6 Å². The van der Waals surface area contributed by atoms with Gasteiger partial charge in [0.2, 0.25) is 5.89 Å². The predicted molar refractivity (Wildman–Crippen MR) is 88.3 cm³/mol. The average Bonchev–Trinajstić information content (AvgIpc) is 3.12. The summed E-state index contributed by atoms with van der Waals surface area (Å²) in [5.74, 6) is -0.127. The number of benzene rings is 1. The average molecular weight is 368 g/mol. The molecular weight excluding hydrogens is 352 g/mol. The van der Waals surface area contributed by atoms with Gasteiger partial charge >= 0.3 is 5.97 Å². The van der Waals surface area contributed by atoms with Gasteiger partial charge in [-0.3, -0.25) is 4.79 Å². The van der Waals surface area contributed by atoms with Crippen LogP contribution in [0, 0.1) is 6.92 Å². The molecule has 1 atom stereocenters. The molecule has 1 aromatic heterocycles. The van der Waals surface area contributed by atoms with Gasteiger partial charge in [0, 0.05) is 5.56 Å². The number of aryl methyl sites for hydroxylation is 1. The molecule has 0 radical (unpaired) electrons. The van der Waals surface area contributed by atoms with E-state index in [1.807, 2.05) is 31.2 Å². The normalized spacial score (nSPS) is 19.3. The minimum atomic E-state index is -3.06. The number of hydrogen-bond acceptors (Lipinski definition) is 8. The highest BCUT2D eigenvalue weighted by Gasteiger charge is 2.30. The number of hydrogen-bond donors (Lipinski definition) is 0. The van der Waals surface area contributed by atoms with Gasteiger partial charge in [0.15, 0.2) is 9.84 Å². The summed E-state index contributed by atoms with van der Waals surface area (Å²) in [6.45, 7) is 1.94. The Morgan fingerprint density at radius 3 is 2.88 bits per heavy atom. The van der Waals surface area contributed by atoms with Crippen LogP contribution in [-0.4, -0.2) is 47.9 Å². The van der Waals surface area contributed by atoms with Crippen molar-refractivity contribution in [1.82, 2.24) is 10.2 Å². The standard InChI is InChI=1S/C15H16N2O5S2/c1-10-4-2-3-5-12(10)14-16-17-15(22-14)23-8-13(18)21-11-6-7-24(19,20)9-11/h2-5,11H,6-9H2,1H3/t11-/m0/s1. The van der Waals surface area contributed by atoms with Crippen LogP contribution in [0.4, 0.5) is 0 Å². The molecule has 1 saturated heterocycles. The van der Waals surface area contributed by atoms with Crippen molar-refractivity contribution in [2.24, 2.45) is 0 Å². The highest BCUT2D eigenvalue weighted by Crippen LogP contribution is 2.25. The molecule has 7 nitrogen and oxygen atoms in total. The first-order valence-corrected chi connectivity index (χ1v) is 10.2. The van der Waals surface area contributed by atoms with E-state index in [-0.39, 0.29) is 22.5 Å². The molecule has 128 valence electrons. The number of sulfone groups is 1. The van der Waals surface area contributed by atoms with Crippen molar-refractivity contribution in [3.8, 4) is 11.5 Å². The van der Waals surface area contributed by atoms with Gasteiger partial charge in [-0.2, -0.15) is 0 Å². The lowest BCUT2D eigenvalue weighted by molar-refractivity contribution is -0.144. The van der Waals surface area contributed by atoms with E-state index in [1.165, 1.54) is 0 Å². The second-order valence-electron chi connectivity index (χ2n) is 5.49. The fourth-order valence-corrected chi connectivity index (χ4v) is 4.52. The molecule has 0 spiro atoms. The number of esters is 1. The van der Waals surface area contributed by atoms with Crippen molar-refractivity contribution in [2.45, 2.75) is 24.7 Å². The minimum Gasteiger partial charge on any atom is -0.461 e. The van der Waals surface area contributed by atoms with Gasteiger partial charge in [-0.25, -0.2) is 8.42 Å². The quantitative estimate of drug-likeness (QED) is 0.582. The highest BCUT2D eigenvalue weighted by atomic mass is 32.2. The van der Waals surface area contributed by atoms with Crippen LogP contribution in [0.2, 0.25) is 0 Å². The second kappa shape index (κ2) is 6.94. The van der Waals surface area contributed by atoms with Gasteiger partial charge in [-0.1, -0.05) is 30.0 Å². The van der Waals surface area contributed by atoms with Crippen LogP contribution in [0.25, 0.3) is 11.5 Å². The van der Waals surface area contributed by atoms with E-state index in [4.69, 9.17) is 9.15 Å². The largest absolute Gasteiger partial charge is 0.461 e. The molecule has 1 aromatic carbocycles. The molecule has 0 N–H and O–H groups in total. The summed E-state index contributed by atoms with van der Waals surface area (Å²) < 4.78 is 33.4. The van der Waals surface area contributed by atoms with E-state index in [0.29, 0.717) is 12.3 Å². The Bertz CT molecular complexity index is 847. The zero-order chi connectivity index (χ0) is 17.2. The van der Waals surface area contributed by atoms with Crippen LogP contribution in [0.15, 0.2) is 33.9 Å². The molecule has 1 fully saturated rings. The van der Waals surface area contributed by atoms with Crippen molar-refractivity contribution in [3.05, 3.63) is 29.8 Å². The molecule has 0 unspecified atom stereocenters. The fourth-order valence-electron chi connectivity index (χ4n) is 2.38. The zero-order valence-electron chi connectivity index (χ0n) is 13.0. The van der Waals surface area contributed by atoms with Crippen molar-refractivity contribution in [3.63, 3.8) is 0 Å². The first kappa shape index (κ1) is 17.0. The van der Waals surface area contributed by atoms with E-state index in [2.05, 4.69) is 10.2 Å². The first-order valence-electron chi connectivity index (χ1n) is 7.35. The molecule has 0 aliphatic carbocycles. The van der Waals surface area contributed by atoms with Gasteiger partial charge in [-0.05, 0) is 25.0 Å².